The first-order valence-electron chi connectivity index (χ1n) is 6.92. The van der Waals surface area contributed by atoms with Crippen molar-refractivity contribution >= 4 is 5.69 Å². The van der Waals surface area contributed by atoms with Crippen molar-refractivity contribution in [2.24, 2.45) is 11.7 Å². The van der Waals surface area contributed by atoms with Crippen LogP contribution in [0.3, 0.4) is 0 Å². The van der Waals surface area contributed by atoms with Gasteiger partial charge >= 0.3 is 0 Å². The Balaban J connectivity index is 2.21. The van der Waals surface area contributed by atoms with Gasteiger partial charge in [0, 0.05) is 30.4 Å². The van der Waals surface area contributed by atoms with Gasteiger partial charge in [-0.1, -0.05) is 19.4 Å². The molecule has 2 rings (SSSR count). The zero-order valence-corrected chi connectivity index (χ0v) is 11.3. The zero-order valence-electron chi connectivity index (χ0n) is 11.3. The van der Waals surface area contributed by atoms with Crippen molar-refractivity contribution in [2.75, 3.05) is 18.0 Å². The van der Waals surface area contributed by atoms with Crippen LogP contribution in [-0.2, 0) is 0 Å². The van der Waals surface area contributed by atoms with Crippen LogP contribution in [0.2, 0.25) is 0 Å². The van der Waals surface area contributed by atoms with Gasteiger partial charge in [0.25, 0.3) is 0 Å². The van der Waals surface area contributed by atoms with Crippen molar-refractivity contribution in [3.63, 3.8) is 0 Å². The molecule has 1 fully saturated rings. The van der Waals surface area contributed by atoms with Crippen molar-refractivity contribution in [2.45, 2.75) is 39.2 Å². The van der Waals surface area contributed by atoms with Gasteiger partial charge in [0.05, 0.1) is 0 Å². The van der Waals surface area contributed by atoms with Gasteiger partial charge in [0.2, 0.25) is 0 Å². The Morgan fingerprint density at radius 2 is 2.06 bits per heavy atom. The summed E-state index contributed by atoms with van der Waals surface area (Å²) in [7, 11) is 0. The Bertz CT molecular complexity index is 395. The van der Waals surface area contributed by atoms with Crippen molar-refractivity contribution < 1.29 is 4.39 Å². The fourth-order valence-corrected chi connectivity index (χ4v) is 2.83. The van der Waals surface area contributed by atoms with Crippen molar-refractivity contribution in [3.05, 3.63) is 29.6 Å². The minimum Gasteiger partial charge on any atom is -0.371 e. The van der Waals surface area contributed by atoms with Gasteiger partial charge in [-0.2, -0.15) is 0 Å². The molecule has 1 aromatic rings. The summed E-state index contributed by atoms with van der Waals surface area (Å²) in [4.78, 5) is 2.29. The van der Waals surface area contributed by atoms with Crippen LogP contribution in [-0.4, -0.2) is 13.1 Å². The summed E-state index contributed by atoms with van der Waals surface area (Å²) in [5.41, 5.74) is 7.55. The van der Waals surface area contributed by atoms with Crippen LogP contribution in [0.5, 0.6) is 0 Å². The van der Waals surface area contributed by atoms with E-state index in [1.165, 1.54) is 25.3 Å². The predicted molar refractivity (Wildman–Crippen MR) is 74.2 cm³/mol. The van der Waals surface area contributed by atoms with Crippen molar-refractivity contribution in [1.29, 1.82) is 0 Å². The molecule has 100 valence electrons. The highest BCUT2D eigenvalue weighted by molar-refractivity contribution is 5.55. The summed E-state index contributed by atoms with van der Waals surface area (Å²) >= 11 is 0. The molecule has 0 amide bonds. The Labute approximate surface area is 109 Å². The highest BCUT2D eigenvalue weighted by atomic mass is 19.1. The number of piperidine rings is 1. The van der Waals surface area contributed by atoms with Gasteiger partial charge < -0.3 is 10.6 Å². The number of benzene rings is 1. The molecule has 1 aliphatic heterocycles. The molecule has 0 spiro atoms. The largest absolute Gasteiger partial charge is 0.371 e. The van der Waals surface area contributed by atoms with Gasteiger partial charge in [0.15, 0.2) is 0 Å². The Hall–Kier alpha value is -1.09. The quantitative estimate of drug-likeness (QED) is 0.890. The van der Waals surface area contributed by atoms with E-state index in [0.29, 0.717) is 5.56 Å². The molecule has 18 heavy (non-hydrogen) atoms. The van der Waals surface area contributed by atoms with Crippen LogP contribution in [0, 0.1) is 11.7 Å². The van der Waals surface area contributed by atoms with Crippen molar-refractivity contribution in [3.8, 4) is 0 Å². The molecule has 0 unspecified atom stereocenters. The SMILES string of the molecule is CCC1CCN(c2cccc(F)c2[C@H](C)N)CC1. The average Bonchev–Trinajstić information content (AvgIpc) is 2.38. The van der Waals surface area contributed by atoms with Crippen LogP contribution in [0.1, 0.15) is 44.7 Å². The van der Waals surface area contributed by atoms with E-state index in [2.05, 4.69) is 11.8 Å². The molecule has 1 aromatic carbocycles. The number of hydrogen-bond acceptors (Lipinski definition) is 2. The van der Waals surface area contributed by atoms with Gasteiger partial charge in [-0.15, -0.1) is 0 Å². The number of anilines is 1. The second kappa shape index (κ2) is 5.70. The Morgan fingerprint density at radius 3 is 2.61 bits per heavy atom. The summed E-state index contributed by atoms with van der Waals surface area (Å²) in [5.74, 6) is 0.647. The lowest BCUT2D eigenvalue weighted by Crippen LogP contribution is -2.34. The molecule has 0 aliphatic carbocycles. The van der Waals surface area contributed by atoms with Crippen LogP contribution >= 0.6 is 0 Å². The van der Waals surface area contributed by atoms with Crippen LogP contribution in [0.15, 0.2) is 18.2 Å². The maximum atomic E-state index is 13.9. The first kappa shape index (κ1) is 13.3. The lowest BCUT2D eigenvalue weighted by Gasteiger charge is -2.35. The molecule has 0 saturated carbocycles. The number of hydrogen-bond donors (Lipinski definition) is 1. The summed E-state index contributed by atoms with van der Waals surface area (Å²) in [6, 6.07) is 5.02. The maximum Gasteiger partial charge on any atom is 0.130 e. The average molecular weight is 250 g/mol. The number of nitrogens with zero attached hydrogens (tertiary/aromatic N) is 1. The summed E-state index contributed by atoms with van der Waals surface area (Å²) < 4.78 is 13.9. The molecule has 2 nitrogen and oxygen atoms in total. The monoisotopic (exact) mass is 250 g/mol. The van der Waals surface area contributed by atoms with Crippen LogP contribution in [0.25, 0.3) is 0 Å². The third-order valence-electron chi connectivity index (χ3n) is 4.02. The molecule has 0 bridgehead atoms. The summed E-state index contributed by atoms with van der Waals surface area (Å²) in [5, 5.41) is 0. The van der Waals surface area contributed by atoms with Gasteiger partial charge in [-0.05, 0) is 37.8 Å². The fourth-order valence-electron chi connectivity index (χ4n) is 2.83. The molecule has 2 N–H and O–H groups in total. The van der Waals surface area contributed by atoms with E-state index in [0.717, 1.165) is 24.7 Å². The van der Waals surface area contributed by atoms with E-state index in [1.54, 1.807) is 6.07 Å². The zero-order chi connectivity index (χ0) is 13.1. The second-order valence-electron chi connectivity index (χ2n) is 5.30. The van der Waals surface area contributed by atoms with E-state index in [-0.39, 0.29) is 11.9 Å². The van der Waals surface area contributed by atoms with E-state index in [1.807, 2.05) is 13.0 Å². The third-order valence-corrected chi connectivity index (χ3v) is 4.02. The Kier molecular flexibility index (Phi) is 4.23. The molecular weight excluding hydrogens is 227 g/mol. The molecule has 1 aliphatic rings. The first-order valence-corrected chi connectivity index (χ1v) is 6.92. The minimum atomic E-state index is -0.259. The van der Waals surface area contributed by atoms with E-state index in [9.17, 15) is 4.39 Å². The lowest BCUT2D eigenvalue weighted by molar-refractivity contribution is 0.394. The standard InChI is InChI=1S/C15H23FN2/c1-3-12-7-9-18(10-8-12)14-6-4-5-13(16)15(14)11(2)17/h4-6,11-12H,3,7-10,17H2,1-2H3/t11-/m0/s1. The molecule has 3 heteroatoms. The number of halogens is 1. The molecule has 0 radical (unpaired) electrons. The first-order chi connectivity index (χ1) is 8.63. The van der Waals surface area contributed by atoms with E-state index < -0.39 is 0 Å². The lowest BCUT2D eigenvalue weighted by atomic mass is 9.93. The van der Waals surface area contributed by atoms with Crippen molar-refractivity contribution in [1.82, 2.24) is 0 Å². The second-order valence-corrected chi connectivity index (χ2v) is 5.30. The van der Waals surface area contributed by atoms with E-state index in [4.69, 9.17) is 5.73 Å². The highest BCUT2D eigenvalue weighted by Gasteiger charge is 2.22. The highest BCUT2D eigenvalue weighted by Crippen LogP contribution is 2.31. The van der Waals surface area contributed by atoms with Crippen LogP contribution in [0.4, 0.5) is 10.1 Å². The Morgan fingerprint density at radius 1 is 1.39 bits per heavy atom. The smallest absolute Gasteiger partial charge is 0.130 e. The summed E-state index contributed by atoms with van der Waals surface area (Å²) in [6.07, 6.45) is 3.65. The molecule has 1 atom stereocenters. The topological polar surface area (TPSA) is 29.3 Å². The molecule has 0 aromatic heterocycles. The fraction of sp³-hybridized carbons (Fsp3) is 0.600. The normalized spacial score (nSPS) is 19.0. The number of rotatable bonds is 3. The molecule has 1 saturated heterocycles. The van der Waals surface area contributed by atoms with Gasteiger partial charge in [-0.25, -0.2) is 4.39 Å². The van der Waals surface area contributed by atoms with Gasteiger partial charge in [0.1, 0.15) is 5.82 Å². The maximum absolute atomic E-state index is 13.9. The summed E-state index contributed by atoms with van der Waals surface area (Å²) in [6.45, 7) is 6.12. The number of nitrogens with two attached hydrogens (primary N) is 1. The molecule has 1 heterocycles. The minimum absolute atomic E-state index is 0.180. The van der Waals surface area contributed by atoms with Gasteiger partial charge in [-0.3, -0.25) is 0 Å². The predicted octanol–water partition coefficient (Wildman–Crippen LogP) is 3.47. The van der Waals surface area contributed by atoms with Crippen LogP contribution < -0.4 is 10.6 Å². The molecular formula is C15H23FN2. The van der Waals surface area contributed by atoms with E-state index >= 15 is 0 Å². The third kappa shape index (κ3) is 2.66.